The molecule has 126 valence electrons. The lowest BCUT2D eigenvalue weighted by Gasteiger charge is -2.10. The molecule has 0 saturated carbocycles. The van der Waals surface area contributed by atoms with Crippen LogP contribution in [0, 0.1) is 0 Å². The van der Waals surface area contributed by atoms with Gasteiger partial charge in [-0.2, -0.15) is 0 Å². The van der Waals surface area contributed by atoms with Gasteiger partial charge in [0, 0.05) is 19.5 Å². The molecule has 0 aliphatic rings. The molecule has 0 radical (unpaired) electrons. The van der Waals surface area contributed by atoms with E-state index in [1.807, 2.05) is 6.92 Å². The summed E-state index contributed by atoms with van der Waals surface area (Å²) in [7, 11) is 0. The van der Waals surface area contributed by atoms with Crippen molar-refractivity contribution in [2.75, 3.05) is 13.1 Å². The van der Waals surface area contributed by atoms with Gasteiger partial charge in [0.25, 0.3) is 0 Å². The Hall–Kier alpha value is -0.610. The molecule has 0 spiro atoms. The average molecular weight is 300 g/mol. The first-order valence-corrected chi connectivity index (χ1v) is 8.88. The molecule has 21 heavy (non-hydrogen) atoms. The van der Waals surface area contributed by atoms with E-state index >= 15 is 0 Å². The summed E-state index contributed by atoms with van der Waals surface area (Å²) in [6.45, 7) is 5.37. The van der Waals surface area contributed by atoms with E-state index < -0.39 is 6.23 Å². The number of rotatable bonds is 15. The average Bonchev–Trinajstić information content (AvgIpc) is 2.49. The summed E-state index contributed by atoms with van der Waals surface area (Å²) in [5.41, 5.74) is 0. The van der Waals surface area contributed by atoms with Gasteiger partial charge in [0.15, 0.2) is 0 Å². The van der Waals surface area contributed by atoms with Gasteiger partial charge in [-0.25, -0.2) is 0 Å². The van der Waals surface area contributed by atoms with Crippen molar-refractivity contribution in [3.8, 4) is 0 Å². The second-order valence-electron chi connectivity index (χ2n) is 5.81. The highest BCUT2D eigenvalue weighted by Crippen LogP contribution is 2.10. The van der Waals surface area contributed by atoms with Crippen LogP contribution in [0.25, 0.3) is 0 Å². The van der Waals surface area contributed by atoms with Gasteiger partial charge >= 0.3 is 0 Å². The van der Waals surface area contributed by atoms with Crippen LogP contribution in [-0.2, 0) is 4.79 Å². The SMILES string of the molecule is CCCCCCCCCCCC(=O)NCCNC(O)CC. The molecule has 0 aromatic heterocycles. The van der Waals surface area contributed by atoms with Crippen molar-refractivity contribution in [1.82, 2.24) is 10.6 Å². The smallest absolute Gasteiger partial charge is 0.220 e. The first-order chi connectivity index (χ1) is 10.2. The third-order valence-corrected chi connectivity index (χ3v) is 3.72. The number of hydrogen-bond donors (Lipinski definition) is 3. The molecule has 0 saturated heterocycles. The minimum atomic E-state index is -0.459. The molecular weight excluding hydrogens is 264 g/mol. The number of aliphatic hydroxyl groups is 1. The van der Waals surface area contributed by atoms with Crippen molar-refractivity contribution < 1.29 is 9.90 Å². The Balaban J connectivity index is 3.19. The van der Waals surface area contributed by atoms with E-state index in [4.69, 9.17) is 0 Å². The minimum absolute atomic E-state index is 0.130. The van der Waals surface area contributed by atoms with Gasteiger partial charge in [-0.3, -0.25) is 10.1 Å². The number of carbonyl (C=O) groups is 1. The zero-order valence-electron chi connectivity index (χ0n) is 14.1. The van der Waals surface area contributed by atoms with Gasteiger partial charge in [0.2, 0.25) is 5.91 Å². The number of hydrogen-bond acceptors (Lipinski definition) is 3. The number of amides is 1. The zero-order chi connectivity index (χ0) is 15.8. The first kappa shape index (κ1) is 20.4. The van der Waals surface area contributed by atoms with Crippen molar-refractivity contribution in [1.29, 1.82) is 0 Å². The van der Waals surface area contributed by atoms with Crippen LogP contribution < -0.4 is 10.6 Å². The van der Waals surface area contributed by atoms with Gasteiger partial charge in [-0.15, -0.1) is 0 Å². The van der Waals surface area contributed by atoms with Gasteiger partial charge in [0.05, 0.1) is 0 Å². The summed E-state index contributed by atoms with van der Waals surface area (Å²) >= 11 is 0. The number of aliphatic hydroxyl groups excluding tert-OH is 1. The van der Waals surface area contributed by atoms with E-state index in [1.54, 1.807) is 0 Å². The summed E-state index contributed by atoms with van der Waals surface area (Å²) < 4.78 is 0. The van der Waals surface area contributed by atoms with Crippen LogP contribution in [0.5, 0.6) is 0 Å². The van der Waals surface area contributed by atoms with Crippen LogP contribution in [0.1, 0.15) is 84.5 Å². The lowest BCUT2D eigenvalue weighted by atomic mass is 10.1. The van der Waals surface area contributed by atoms with E-state index in [-0.39, 0.29) is 5.91 Å². The van der Waals surface area contributed by atoms with Crippen molar-refractivity contribution in [2.24, 2.45) is 0 Å². The molecule has 1 atom stereocenters. The van der Waals surface area contributed by atoms with Crippen molar-refractivity contribution >= 4 is 5.91 Å². The Bertz CT molecular complexity index is 235. The maximum Gasteiger partial charge on any atom is 0.220 e. The maximum atomic E-state index is 11.6. The van der Waals surface area contributed by atoms with Crippen LogP contribution >= 0.6 is 0 Å². The molecule has 0 aliphatic heterocycles. The molecular formula is C17H36N2O2. The molecule has 3 N–H and O–H groups in total. The van der Waals surface area contributed by atoms with E-state index in [1.165, 1.54) is 44.9 Å². The predicted octanol–water partition coefficient (Wildman–Crippen LogP) is 3.34. The van der Waals surface area contributed by atoms with Gasteiger partial charge in [0.1, 0.15) is 6.23 Å². The highest BCUT2D eigenvalue weighted by Gasteiger charge is 2.02. The normalized spacial score (nSPS) is 12.3. The number of unbranched alkanes of at least 4 members (excludes halogenated alkanes) is 8. The summed E-state index contributed by atoms with van der Waals surface area (Å²) in [4.78, 5) is 11.6. The lowest BCUT2D eigenvalue weighted by molar-refractivity contribution is -0.121. The zero-order valence-corrected chi connectivity index (χ0v) is 14.1. The summed E-state index contributed by atoms with van der Waals surface area (Å²) in [5, 5.41) is 15.1. The monoisotopic (exact) mass is 300 g/mol. The summed E-state index contributed by atoms with van der Waals surface area (Å²) in [6.07, 6.45) is 12.3. The molecule has 0 aromatic carbocycles. The fourth-order valence-electron chi connectivity index (χ4n) is 2.27. The lowest BCUT2D eigenvalue weighted by Crippen LogP contribution is -2.36. The van der Waals surface area contributed by atoms with Crippen LogP contribution in [0.2, 0.25) is 0 Å². The van der Waals surface area contributed by atoms with Gasteiger partial charge in [-0.05, 0) is 12.8 Å². The van der Waals surface area contributed by atoms with Crippen LogP contribution in [0.15, 0.2) is 0 Å². The molecule has 4 nitrogen and oxygen atoms in total. The molecule has 0 fully saturated rings. The third kappa shape index (κ3) is 15.6. The molecule has 0 bridgehead atoms. The van der Waals surface area contributed by atoms with E-state index in [0.29, 0.717) is 25.9 Å². The van der Waals surface area contributed by atoms with Crippen LogP contribution in [0.3, 0.4) is 0 Å². The standard InChI is InChI=1S/C17H36N2O2/c1-3-5-6-7-8-9-10-11-12-13-17(21)19-15-14-18-16(20)4-2/h16,18,20H,3-15H2,1-2H3,(H,19,21). The minimum Gasteiger partial charge on any atom is -0.379 e. The van der Waals surface area contributed by atoms with Gasteiger partial charge in [-0.1, -0.05) is 65.2 Å². The molecule has 0 heterocycles. The topological polar surface area (TPSA) is 61.4 Å². The molecule has 1 amide bonds. The molecule has 0 aromatic rings. The van der Waals surface area contributed by atoms with Crippen molar-refractivity contribution in [2.45, 2.75) is 90.7 Å². The Morgan fingerprint density at radius 3 is 2.05 bits per heavy atom. The molecule has 1 unspecified atom stereocenters. The Morgan fingerprint density at radius 2 is 1.48 bits per heavy atom. The fraction of sp³-hybridized carbons (Fsp3) is 0.941. The van der Waals surface area contributed by atoms with Crippen molar-refractivity contribution in [3.63, 3.8) is 0 Å². The molecule has 0 rings (SSSR count). The third-order valence-electron chi connectivity index (χ3n) is 3.72. The van der Waals surface area contributed by atoms with E-state index in [0.717, 1.165) is 12.8 Å². The van der Waals surface area contributed by atoms with Crippen molar-refractivity contribution in [3.05, 3.63) is 0 Å². The Labute approximate surface area is 131 Å². The number of carbonyl (C=O) groups excluding carboxylic acids is 1. The second-order valence-corrected chi connectivity index (χ2v) is 5.81. The van der Waals surface area contributed by atoms with Crippen LogP contribution in [0.4, 0.5) is 0 Å². The van der Waals surface area contributed by atoms with E-state index in [2.05, 4.69) is 17.6 Å². The maximum absolute atomic E-state index is 11.6. The number of nitrogens with one attached hydrogen (secondary N) is 2. The summed E-state index contributed by atoms with van der Waals surface area (Å²) in [6, 6.07) is 0. The highest BCUT2D eigenvalue weighted by molar-refractivity contribution is 5.75. The molecule has 4 heteroatoms. The highest BCUT2D eigenvalue weighted by atomic mass is 16.3. The molecule has 0 aliphatic carbocycles. The fourth-order valence-corrected chi connectivity index (χ4v) is 2.27. The first-order valence-electron chi connectivity index (χ1n) is 8.88. The van der Waals surface area contributed by atoms with Gasteiger partial charge < -0.3 is 10.4 Å². The van der Waals surface area contributed by atoms with E-state index in [9.17, 15) is 9.90 Å². The Kier molecular flexibility index (Phi) is 15.3. The quantitative estimate of drug-likeness (QED) is 0.321. The largest absolute Gasteiger partial charge is 0.379 e. The second kappa shape index (κ2) is 15.8. The van der Waals surface area contributed by atoms with Crippen LogP contribution in [-0.4, -0.2) is 30.3 Å². The summed E-state index contributed by atoms with van der Waals surface area (Å²) in [5.74, 6) is 0.130. The predicted molar refractivity (Wildman–Crippen MR) is 89.2 cm³/mol. The Morgan fingerprint density at radius 1 is 0.905 bits per heavy atom.